The molecule has 27 heavy (non-hydrogen) atoms. The number of aromatic nitrogens is 3. The largest absolute Gasteiger partial charge is 0.328 e. The Morgan fingerprint density at radius 1 is 1.30 bits per heavy atom. The standard InChI is InChI=1S/C20H23FN4OS/c1-4-9-27-19-23-18-22-14-10-20(2,3)11-15(26)16(14)17(25(18)24-19)12-5-7-13(21)8-6-12/h5-8,17H,4,9-11H2,1-3H3,(H,22,23,24)/t17-/m0/s1. The Bertz CT molecular complexity index is 917. The molecule has 1 aromatic carbocycles. The lowest BCUT2D eigenvalue weighted by Crippen LogP contribution is -2.36. The van der Waals surface area contributed by atoms with E-state index in [1.807, 2.05) is 0 Å². The fourth-order valence-corrected chi connectivity index (χ4v) is 4.48. The molecule has 0 unspecified atom stereocenters. The van der Waals surface area contributed by atoms with Crippen molar-refractivity contribution < 1.29 is 9.18 Å². The molecule has 2 aromatic rings. The minimum atomic E-state index is -0.371. The van der Waals surface area contributed by atoms with Gasteiger partial charge in [0.1, 0.15) is 11.9 Å². The summed E-state index contributed by atoms with van der Waals surface area (Å²) in [6.45, 7) is 6.32. The molecule has 0 spiro atoms. The number of thioether (sulfide) groups is 1. The van der Waals surface area contributed by atoms with Gasteiger partial charge in [-0.15, -0.1) is 5.10 Å². The molecule has 0 amide bonds. The average Bonchev–Trinajstić information content (AvgIpc) is 3.00. The molecule has 4 rings (SSSR count). The second-order valence-electron chi connectivity index (χ2n) is 7.92. The first-order valence-electron chi connectivity index (χ1n) is 9.26. The van der Waals surface area contributed by atoms with Crippen LogP contribution in [0.5, 0.6) is 0 Å². The van der Waals surface area contributed by atoms with Crippen LogP contribution in [-0.2, 0) is 4.79 Å². The van der Waals surface area contributed by atoms with E-state index in [4.69, 9.17) is 0 Å². The summed E-state index contributed by atoms with van der Waals surface area (Å²) in [5.41, 5.74) is 2.39. The molecule has 1 atom stereocenters. The van der Waals surface area contributed by atoms with Gasteiger partial charge in [0.2, 0.25) is 11.1 Å². The van der Waals surface area contributed by atoms with Crippen LogP contribution in [0.15, 0.2) is 40.7 Å². The number of Topliss-reactive ketones (excluding diaryl/α,β-unsaturated/α-hetero) is 1. The number of benzene rings is 1. The van der Waals surface area contributed by atoms with Crippen LogP contribution in [0, 0.1) is 11.2 Å². The van der Waals surface area contributed by atoms with Crippen LogP contribution < -0.4 is 5.32 Å². The number of hydrogen-bond acceptors (Lipinski definition) is 5. The predicted octanol–water partition coefficient (Wildman–Crippen LogP) is 4.58. The van der Waals surface area contributed by atoms with Crippen LogP contribution in [-0.4, -0.2) is 26.3 Å². The minimum absolute atomic E-state index is 0.0990. The van der Waals surface area contributed by atoms with Crippen LogP contribution in [0.3, 0.4) is 0 Å². The van der Waals surface area contributed by atoms with E-state index in [9.17, 15) is 9.18 Å². The maximum absolute atomic E-state index is 13.5. The van der Waals surface area contributed by atoms with Crippen molar-refractivity contribution in [3.8, 4) is 0 Å². The summed E-state index contributed by atoms with van der Waals surface area (Å²) < 4.78 is 15.3. The molecule has 0 saturated heterocycles. The number of halogens is 1. The highest BCUT2D eigenvalue weighted by Gasteiger charge is 2.41. The van der Waals surface area contributed by atoms with E-state index in [0.717, 1.165) is 35.4 Å². The van der Waals surface area contributed by atoms with Crippen LogP contribution in [0.1, 0.15) is 51.6 Å². The third-order valence-electron chi connectivity index (χ3n) is 4.93. The Morgan fingerprint density at radius 3 is 2.74 bits per heavy atom. The zero-order valence-electron chi connectivity index (χ0n) is 15.8. The fourth-order valence-electron chi connectivity index (χ4n) is 3.80. The number of hydrogen-bond donors (Lipinski definition) is 1. The van der Waals surface area contributed by atoms with E-state index in [1.54, 1.807) is 28.6 Å². The quantitative estimate of drug-likeness (QED) is 0.780. The van der Waals surface area contributed by atoms with E-state index in [0.29, 0.717) is 17.5 Å². The summed E-state index contributed by atoms with van der Waals surface area (Å²) in [7, 11) is 0. The molecule has 1 aromatic heterocycles. The number of anilines is 1. The lowest BCUT2D eigenvalue weighted by atomic mass is 9.73. The second kappa shape index (κ2) is 6.78. The summed E-state index contributed by atoms with van der Waals surface area (Å²) in [6.07, 6.45) is 2.30. The molecule has 1 aliphatic carbocycles. The molecule has 0 fully saturated rings. The van der Waals surface area contributed by atoms with Gasteiger partial charge in [0.05, 0.1) is 0 Å². The van der Waals surface area contributed by atoms with Gasteiger partial charge in [0, 0.05) is 23.4 Å². The van der Waals surface area contributed by atoms with Crippen LogP contribution in [0.25, 0.3) is 0 Å². The van der Waals surface area contributed by atoms with Gasteiger partial charge >= 0.3 is 0 Å². The van der Waals surface area contributed by atoms with Crippen LogP contribution >= 0.6 is 11.8 Å². The third-order valence-corrected chi connectivity index (χ3v) is 5.98. The molecule has 5 nitrogen and oxygen atoms in total. The van der Waals surface area contributed by atoms with Gasteiger partial charge in [-0.3, -0.25) is 4.79 Å². The highest BCUT2D eigenvalue weighted by Crippen LogP contribution is 2.45. The predicted molar refractivity (Wildman–Crippen MR) is 104 cm³/mol. The lowest BCUT2D eigenvalue weighted by Gasteiger charge is -2.38. The van der Waals surface area contributed by atoms with Crippen molar-refractivity contribution in [3.05, 3.63) is 46.9 Å². The van der Waals surface area contributed by atoms with E-state index < -0.39 is 0 Å². The van der Waals surface area contributed by atoms with Crippen molar-refractivity contribution in [2.24, 2.45) is 5.41 Å². The summed E-state index contributed by atoms with van der Waals surface area (Å²) in [5, 5.41) is 8.70. The van der Waals surface area contributed by atoms with Crippen molar-refractivity contribution in [2.75, 3.05) is 11.1 Å². The van der Waals surface area contributed by atoms with Gasteiger partial charge < -0.3 is 5.32 Å². The Balaban J connectivity index is 1.83. The average molecular weight is 386 g/mol. The van der Waals surface area contributed by atoms with Crippen LogP contribution in [0.2, 0.25) is 0 Å². The van der Waals surface area contributed by atoms with E-state index >= 15 is 0 Å². The number of carbonyl (C=O) groups is 1. The molecule has 142 valence electrons. The van der Waals surface area contributed by atoms with Crippen molar-refractivity contribution >= 4 is 23.5 Å². The maximum atomic E-state index is 13.5. The number of carbonyl (C=O) groups excluding carboxylic acids is 1. The van der Waals surface area contributed by atoms with Gasteiger partial charge in [-0.05, 0) is 36.0 Å². The second-order valence-corrected chi connectivity index (χ2v) is 8.99. The Hall–Kier alpha value is -2.15. The number of nitrogens with zero attached hydrogens (tertiary/aromatic N) is 3. The maximum Gasteiger partial charge on any atom is 0.227 e. The Morgan fingerprint density at radius 2 is 2.04 bits per heavy atom. The van der Waals surface area contributed by atoms with Gasteiger partial charge in [-0.1, -0.05) is 44.7 Å². The summed E-state index contributed by atoms with van der Waals surface area (Å²) in [6, 6.07) is 5.95. The normalized spacial score (nSPS) is 20.9. The van der Waals surface area contributed by atoms with Gasteiger partial charge in [0.15, 0.2) is 5.78 Å². The zero-order chi connectivity index (χ0) is 19.2. The number of ketones is 1. The van der Waals surface area contributed by atoms with Gasteiger partial charge in [-0.2, -0.15) is 4.98 Å². The first kappa shape index (κ1) is 18.2. The molecule has 2 aliphatic rings. The topological polar surface area (TPSA) is 59.8 Å². The summed E-state index contributed by atoms with van der Waals surface area (Å²) >= 11 is 1.60. The summed E-state index contributed by atoms with van der Waals surface area (Å²) in [4.78, 5) is 17.7. The molecule has 1 N–H and O–H groups in total. The monoisotopic (exact) mass is 386 g/mol. The number of allylic oxidation sites excluding steroid dienone is 2. The minimum Gasteiger partial charge on any atom is -0.328 e. The van der Waals surface area contributed by atoms with Gasteiger partial charge in [0.25, 0.3) is 0 Å². The molecule has 0 bridgehead atoms. The van der Waals surface area contributed by atoms with Crippen molar-refractivity contribution in [1.29, 1.82) is 0 Å². The van der Waals surface area contributed by atoms with Crippen molar-refractivity contribution in [2.45, 2.75) is 51.2 Å². The SMILES string of the molecule is CCCSc1nc2n(n1)[C@@H](c1ccc(F)cc1)C1=C(CC(C)(C)CC1=O)N2. The van der Waals surface area contributed by atoms with Crippen LogP contribution in [0.4, 0.5) is 10.3 Å². The number of fused-ring (bicyclic) bond motifs is 1. The van der Waals surface area contributed by atoms with E-state index in [-0.39, 0.29) is 23.1 Å². The molecular formula is C20H23FN4OS. The molecule has 1 aliphatic heterocycles. The van der Waals surface area contributed by atoms with Gasteiger partial charge in [-0.25, -0.2) is 9.07 Å². The van der Waals surface area contributed by atoms with E-state index in [2.05, 4.69) is 36.2 Å². The van der Waals surface area contributed by atoms with E-state index in [1.165, 1.54) is 12.1 Å². The number of rotatable bonds is 4. The first-order chi connectivity index (χ1) is 12.9. The first-order valence-corrected chi connectivity index (χ1v) is 10.2. The van der Waals surface area contributed by atoms with Crippen molar-refractivity contribution in [3.63, 3.8) is 0 Å². The highest BCUT2D eigenvalue weighted by atomic mass is 32.2. The number of nitrogens with one attached hydrogen (secondary N) is 1. The molecule has 7 heteroatoms. The van der Waals surface area contributed by atoms with Crippen molar-refractivity contribution in [1.82, 2.24) is 14.8 Å². The molecule has 0 saturated carbocycles. The smallest absolute Gasteiger partial charge is 0.227 e. The molecular weight excluding hydrogens is 363 g/mol. The molecule has 0 radical (unpaired) electrons. The fraction of sp³-hybridized carbons (Fsp3) is 0.450. The summed E-state index contributed by atoms with van der Waals surface area (Å²) in [5.74, 6) is 1.40. The Labute approximate surface area is 162 Å². The highest BCUT2D eigenvalue weighted by molar-refractivity contribution is 7.99. The Kier molecular flexibility index (Phi) is 4.58. The zero-order valence-corrected chi connectivity index (χ0v) is 16.6. The lowest BCUT2D eigenvalue weighted by molar-refractivity contribution is -0.118. The third kappa shape index (κ3) is 3.40. The molecule has 2 heterocycles.